The van der Waals surface area contributed by atoms with Crippen LogP contribution in [-0.2, 0) is 23.9 Å². The molecule has 0 bridgehead atoms. The molecule has 5 aliphatic rings. The van der Waals surface area contributed by atoms with Gasteiger partial charge in [0.1, 0.15) is 23.3 Å². The van der Waals surface area contributed by atoms with Crippen LogP contribution in [0.2, 0.25) is 0 Å². The zero-order valence-corrected chi connectivity index (χ0v) is 38.2. The number of nitrogens with zero attached hydrogens (tertiary/aromatic N) is 7. The number of ether oxygens (including phenoxy) is 3. The smallest absolute Gasteiger partial charge is 0.342 e. The van der Waals surface area contributed by atoms with E-state index < -0.39 is 53.9 Å². The Morgan fingerprint density at radius 3 is 2.37 bits per heavy atom. The predicted molar refractivity (Wildman–Crippen MR) is 241 cm³/mol. The number of alkyl halides is 2. The van der Waals surface area contributed by atoms with Crippen LogP contribution in [0.25, 0.3) is 0 Å². The zero-order chi connectivity index (χ0) is 48.3. The van der Waals surface area contributed by atoms with Gasteiger partial charge in [-0.2, -0.15) is 13.8 Å². The largest absolute Gasteiger partial charge is 0.495 e. The van der Waals surface area contributed by atoms with E-state index in [1.807, 2.05) is 0 Å². The summed E-state index contributed by atoms with van der Waals surface area (Å²) in [7, 11) is 3.97. The Morgan fingerprint density at radius 1 is 0.897 bits per heavy atom. The number of benzene rings is 2. The molecule has 8 rings (SSSR count). The number of imide groups is 2. The number of carbonyl (C=O) groups excluding carboxylic acids is 6. The average Bonchev–Trinajstić information content (AvgIpc) is 3.94. The van der Waals surface area contributed by atoms with E-state index >= 15 is 13.2 Å². The Morgan fingerprint density at radius 2 is 1.63 bits per heavy atom. The average molecular weight is 949 g/mol. The molecule has 6 amide bonds. The van der Waals surface area contributed by atoms with Crippen LogP contribution in [0, 0.1) is 5.82 Å². The fourth-order valence-electron chi connectivity index (χ4n) is 9.43. The van der Waals surface area contributed by atoms with Crippen molar-refractivity contribution in [3.05, 3.63) is 59.0 Å². The summed E-state index contributed by atoms with van der Waals surface area (Å²) in [5.74, 6) is -8.23. The molecular formula is C46H55F3N10O9. The van der Waals surface area contributed by atoms with Crippen molar-refractivity contribution in [1.82, 2.24) is 30.0 Å². The molecule has 0 spiro atoms. The Kier molecular flexibility index (Phi) is 14.5. The molecule has 3 fully saturated rings. The third-order valence-electron chi connectivity index (χ3n) is 13.2. The maximum absolute atomic E-state index is 15.6. The minimum Gasteiger partial charge on any atom is -0.495 e. The first-order valence-corrected chi connectivity index (χ1v) is 22.8. The molecule has 4 aliphatic heterocycles. The summed E-state index contributed by atoms with van der Waals surface area (Å²) in [5, 5.41) is 9.00. The van der Waals surface area contributed by atoms with E-state index in [1.54, 1.807) is 18.2 Å². The molecule has 22 heteroatoms. The van der Waals surface area contributed by atoms with Gasteiger partial charge in [-0.05, 0) is 50.3 Å². The molecule has 68 heavy (non-hydrogen) atoms. The molecule has 3 N–H and O–H groups in total. The molecule has 0 radical (unpaired) electrons. The highest BCUT2D eigenvalue weighted by Gasteiger charge is 2.49. The van der Waals surface area contributed by atoms with Crippen molar-refractivity contribution < 1.29 is 56.1 Å². The van der Waals surface area contributed by atoms with Crippen molar-refractivity contribution in [2.24, 2.45) is 0 Å². The molecular weight excluding hydrogens is 894 g/mol. The topological polar surface area (TPSA) is 208 Å². The first-order chi connectivity index (χ1) is 32.7. The number of aromatic nitrogens is 2. The highest BCUT2D eigenvalue weighted by molar-refractivity contribution is 6.25. The van der Waals surface area contributed by atoms with Gasteiger partial charge in [-0.15, -0.1) is 0 Å². The number of carbonyl (C=O) groups is 6. The van der Waals surface area contributed by atoms with Crippen LogP contribution in [0.3, 0.4) is 0 Å². The van der Waals surface area contributed by atoms with Gasteiger partial charge in [0.2, 0.25) is 11.9 Å². The van der Waals surface area contributed by atoms with E-state index in [0.717, 1.165) is 33.6 Å². The van der Waals surface area contributed by atoms with Gasteiger partial charge in [-0.1, -0.05) is 18.9 Å². The summed E-state index contributed by atoms with van der Waals surface area (Å²) in [4.78, 5) is 92.5. The van der Waals surface area contributed by atoms with Crippen molar-refractivity contribution in [2.45, 2.75) is 75.4 Å². The summed E-state index contributed by atoms with van der Waals surface area (Å²) < 4.78 is 62.7. The summed E-state index contributed by atoms with van der Waals surface area (Å²) in [6.07, 6.45) is 5.79. The minimum atomic E-state index is -3.64. The molecule has 1 aliphatic carbocycles. The summed E-state index contributed by atoms with van der Waals surface area (Å²) in [6.45, 7) is 3.00. The van der Waals surface area contributed by atoms with Gasteiger partial charge < -0.3 is 44.9 Å². The first-order valence-electron chi connectivity index (χ1n) is 22.8. The number of amides is 6. The van der Waals surface area contributed by atoms with E-state index in [4.69, 9.17) is 14.2 Å². The third kappa shape index (κ3) is 9.93. The number of piperidine rings is 2. The predicted octanol–water partition coefficient (Wildman–Crippen LogP) is 3.81. The number of nitrogens with one attached hydrogen (secondary N) is 3. The first kappa shape index (κ1) is 48.1. The number of hydrogen-bond donors (Lipinski definition) is 3. The number of methoxy groups -OCH3 is 1. The summed E-state index contributed by atoms with van der Waals surface area (Å²) in [6, 6.07) is 5.80. The maximum atomic E-state index is 15.6. The second-order valence-electron chi connectivity index (χ2n) is 17.5. The van der Waals surface area contributed by atoms with Crippen LogP contribution in [0.4, 0.5) is 42.0 Å². The number of likely N-dealkylation sites (tertiary alicyclic amines) is 2. The van der Waals surface area contributed by atoms with Crippen molar-refractivity contribution >= 4 is 64.3 Å². The van der Waals surface area contributed by atoms with Crippen LogP contribution in [0.15, 0.2) is 36.5 Å². The lowest BCUT2D eigenvalue weighted by molar-refractivity contribution is -0.149. The van der Waals surface area contributed by atoms with Crippen molar-refractivity contribution in [1.29, 1.82) is 0 Å². The van der Waals surface area contributed by atoms with Crippen LogP contribution in [-0.4, -0.2) is 165 Å². The Hall–Kier alpha value is -6.39. The van der Waals surface area contributed by atoms with Crippen molar-refractivity contribution in [2.75, 3.05) is 101 Å². The van der Waals surface area contributed by atoms with E-state index in [-0.39, 0.29) is 76.4 Å². The summed E-state index contributed by atoms with van der Waals surface area (Å²) >= 11 is 0. The number of likely N-dealkylation sites (N-methyl/N-ethyl adjacent to an activating group) is 1. The molecule has 1 aromatic heterocycles. The second-order valence-corrected chi connectivity index (χ2v) is 17.5. The molecule has 3 aromatic rings. The number of fused-ring (bicyclic) bond motifs is 2. The van der Waals surface area contributed by atoms with Crippen LogP contribution >= 0.6 is 0 Å². The van der Waals surface area contributed by atoms with Gasteiger partial charge >= 0.3 is 5.92 Å². The second kappa shape index (κ2) is 20.5. The standard InChI is InChI=1S/C46H55F3N10O9/c1-55-35-25-51-45(54-39(35)58(28-7-4-5-8-28)26-46(48,49)44(55)65)53-33-24-31(47)30(23-36(33)66-3)40(61)52-27-13-16-57(17-14-27)18-20-68-22-21-67-19-15-50-32-10-6-9-29-38(32)43(64)59(41(29)62)34-11-12-37(60)56(2)42(34)63/h6,9-10,23-25,27-28,34,50H,4-5,7-8,11-22,26H2,1-3H3,(H,52,61)(H,51,53,54). The fraction of sp³-hybridized carbons (Fsp3) is 0.522. The number of rotatable bonds is 17. The quantitative estimate of drug-likeness (QED) is 0.130. The molecule has 5 heterocycles. The van der Waals surface area contributed by atoms with Crippen molar-refractivity contribution in [3.8, 4) is 5.75 Å². The lowest BCUT2D eigenvalue weighted by Gasteiger charge is -2.32. The Labute approximate surface area is 390 Å². The molecule has 2 saturated heterocycles. The van der Waals surface area contributed by atoms with Crippen LogP contribution in [0.5, 0.6) is 5.75 Å². The third-order valence-corrected chi connectivity index (χ3v) is 13.2. The van der Waals surface area contributed by atoms with E-state index in [0.29, 0.717) is 84.0 Å². The number of halogens is 3. The van der Waals surface area contributed by atoms with E-state index in [9.17, 15) is 28.8 Å². The fourth-order valence-corrected chi connectivity index (χ4v) is 9.43. The van der Waals surface area contributed by atoms with E-state index in [2.05, 4.69) is 30.8 Å². The van der Waals surface area contributed by atoms with Crippen LogP contribution < -0.4 is 30.5 Å². The molecule has 1 unspecified atom stereocenters. The normalized spacial score (nSPS) is 20.2. The summed E-state index contributed by atoms with van der Waals surface area (Å²) in [5.41, 5.74) is 0.856. The molecule has 364 valence electrons. The van der Waals surface area contributed by atoms with Gasteiger partial charge in [0.15, 0.2) is 5.82 Å². The van der Waals surface area contributed by atoms with E-state index in [1.165, 1.54) is 38.4 Å². The van der Waals surface area contributed by atoms with Crippen LogP contribution in [0.1, 0.15) is 82.4 Å². The Balaban J connectivity index is 0.748. The Bertz CT molecular complexity index is 2450. The molecule has 19 nitrogen and oxygen atoms in total. The molecule has 1 atom stereocenters. The maximum Gasteiger partial charge on any atom is 0.342 e. The number of anilines is 5. The lowest BCUT2D eigenvalue weighted by atomic mass is 10.0. The monoisotopic (exact) mass is 948 g/mol. The van der Waals surface area contributed by atoms with Gasteiger partial charge in [0, 0.05) is 70.5 Å². The highest BCUT2D eigenvalue weighted by Crippen LogP contribution is 2.40. The minimum absolute atomic E-state index is 0.0327. The highest BCUT2D eigenvalue weighted by atomic mass is 19.3. The van der Waals surface area contributed by atoms with Gasteiger partial charge in [0.25, 0.3) is 29.5 Å². The molecule has 2 aromatic carbocycles. The lowest BCUT2D eigenvalue weighted by Crippen LogP contribution is -2.54. The molecule has 1 saturated carbocycles. The number of hydrogen-bond acceptors (Lipinski definition) is 15. The zero-order valence-electron chi connectivity index (χ0n) is 38.2. The SMILES string of the molecule is COc1cc(C(=O)NC2CCN(CCOCCOCCNc3cccc4c3C(=O)N(C3CCC(=O)N(C)C3=O)C4=O)CC2)c(F)cc1Nc1ncc2c(n1)N(C1CCCC1)CC(F)(F)C(=O)N2C. The van der Waals surface area contributed by atoms with Crippen molar-refractivity contribution in [3.63, 3.8) is 0 Å². The van der Waals surface area contributed by atoms with Gasteiger partial charge in [-0.25, -0.2) is 9.37 Å². The van der Waals surface area contributed by atoms with Gasteiger partial charge in [-0.3, -0.25) is 38.6 Å². The van der Waals surface area contributed by atoms with Gasteiger partial charge in [0.05, 0.1) is 68.7 Å².